The molecule has 2 atom stereocenters. The standard InChI is InChI=1S/C60H46N4/c1-5-17-45(18-6-1)61(51-37-39-59-55(41-51)53-25-13-15-27-57(53)63(59)47-21-9-3-10-22-47)49-33-29-43(30-34-49)44-31-35-50(36-32-44)62(46-19-7-2-8-20-46)52-38-40-60-56(42-52)54-26-14-16-28-58(54)64(60)48-23-11-4-12-24-48/h1-35,37-38,40-42,50,59H,36,39H2. The second-order valence-corrected chi connectivity index (χ2v) is 16.8. The molecule has 9 aromatic rings. The lowest BCUT2D eigenvalue weighted by molar-refractivity contribution is 0.787. The lowest BCUT2D eigenvalue weighted by atomic mass is 9.93. The third-order valence-corrected chi connectivity index (χ3v) is 13.2. The first-order chi connectivity index (χ1) is 31.8. The molecule has 4 nitrogen and oxygen atoms in total. The summed E-state index contributed by atoms with van der Waals surface area (Å²) >= 11 is 0. The van der Waals surface area contributed by atoms with E-state index in [1.165, 1.54) is 78.2 Å². The van der Waals surface area contributed by atoms with E-state index in [0.717, 1.165) is 24.2 Å². The molecular formula is C60H46N4. The van der Waals surface area contributed by atoms with Gasteiger partial charge < -0.3 is 19.3 Å². The van der Waals surface area contributed by atoms with E-state index in [-0.39, 0.29) is 12.1 Å². The van der Waals surface area contributed by atoms with E-state index in [2.05, 4.69) is 262 Å². The molecule has 0 N–H and O–H groups in total. The SMILES string of the molecule is C1=CC(N(c2ccccc2)c2ccc3c(c2)c2ccccc2n3-c2ccccc2)CC=C1c1ccc(N(C2=CCC3C(=C2)c2ccccc2N3c2ccccc2)c2ccccc2)cc1. The van der Waals surface area contributed by atoms with E-state index in [1.54, 1.807) is 0 Å². The highest BCUT2D eigenvalue weighted by Crippen LogP contribution is 2.49. The van der Waals surface area contributed by atoms with Crippen LogP contribution in [0, 0.1) is 0 Å². The highest BCUT2D eigenvalue weighted by atomic mass is 15.2. The number of nitrogens with zero attached hydrogens (tertiary/aromatic N) is 4. The van der Waals surface area contributed by atoms with Crippen molar-refractivity contribution in [2.75, 3.05) is 14.7 Å². The van der Waals surface area contributed by atoms with E-state index >= 15 is 0 Å². The minimum atomic E-state index is 0.146. The molecule has 2 unspecified atom stereocenters. The van der Waals surface area contributed by atoms with Gasteiger partial charge >= 0.3 is 0 Å². The summed E-state index contributed by atoms with van der Waals surface area (Å²) in [6.07, 6.45) is 13.7. The van der Waals surface area contributed by atoms with Gasteiger partial charge in [-0.2, -0.15) is 0 Å². The number of allylic oxidation sites excluding steroid dienone is 3. The van der Waals surface area contributed by atoms with Gasteiger partial charge in [0, 0.05) is 61.8 Å². The van der Waals surface area contributed by atoms with Crippen molar-refractivity contribution >= 4 is 67.1 Å². The van der Waals surface area contributed by atoms with Gasteiger partial charge in [-0.05, 0) is 127 Å². The van der Waals surface area contributed by atoms with Gasteiger partial charge in [-0.1, -0.05) is 146 Å². The molecule has 306 valence electrons. The zero-order chi connectivity index (χ0) is 42.4. The maximum atomic E-state index is 2.51. The fourth-order valence-electron chi connectivity index (χ4n) is 10.3. The smallest absolute Gasteiger partial charge is 0.0634 e. The van der Waals surface area contributed by atoms with Crippen molar-refractivity contribution in [1.82, 2.24) is 4.57 Å². The minimum absolute atomic E-state index is 0.146. The Hall–Kier alpha value is -8.08. The van der Waals surface area contributed by atoms with Crippen molar-refractivity contribution in [3.05, 3.63) is 260 Å². The van der Waals surface area contributed by atoms with E-state index in [9.17, 15) is 0 Å². The van der Waals surface area contributed by atoms with E-state index in [1.807, 2.05) is 0 Å². The topological polar surface area (TPSA) is 14.7 Å². The minimum Gasteiger partial charge on any atom is -0.334 e. The molecule has 2 aliphatic carbocycles. The zero-order valence-corrected chi connectivity index (χ0v) is 35.5. The first-order valence-electron chi connectivity index (χ1n) is 22.4. The van der Waals surface area contributed by atoms with Crippen LogP contribution in [-0.4, -0.2) is 16.7 Å². The molecule has 12 rings (SSSR count). The number of fused-ring (bicyclic) bond motifs is 6. The highest BCUT2D eigenvalue weighted by molar-refractivity contribution is 6.10. The van der Waals surface area contributed by atoms with E-state index in [4.69, 9.17) is 0 Å². The molecule has 4 heteroatoms. The Balaban J connectivity index is 0.848. The maximum absolute atomic E-state index is 2.51. The Morgan fingerprint density at radius 1 is 0.469 bits per heavy atom. The number of hydrogen-bond donors (Lipinski definition) is 0. The van der Waals surface area contributed by atoms with Gasteiger partial charge in [0.05, 0.1) is 23.1 Å². The van der Waals surface area contributed by atoms with Gasteiger partial charge in [0.15, 0.2) is 0 Å². The van der Waals surface area contributed by atoms with Crippen LogP contribution in [0.1, 0.15) is 24.0 Å². The summed E-state index contributed by atoms with van der Waals surface area (Å²) in [5.41, 5.74) is 17.1. The summed E-state index contributed by atoms with van der Waals surface area (Å²) in [5, 5.41) is 2.51. The lowest BCUT2D eigenvalue weighted by Gasteiger charge is -2.33. The molecule has 0 spiro atoms. The van der Waals surface area contributed by atoms with Crippen molar-refractivity contribution in [2.45, 2.75) is 24.9 Å². The fourth-order valence-corrected chi connectivity index (χ4v) is 10.3. The average Bonchev–Trinajstić information content (AvgIpc) is 3.88. The quantitative estimate of drug-likeness (QED) is 0.144. The van der Waals surface area contributed by atoms with Crippen LogP contribution < -0.4 is 14.7 Å². The van der Waals surface area contributed by atoms with Gasteiger partial charge in [-0.25, -0.2) is 0 Å². The maximum Gasteiger partial charge on any atom is 0.0634 e. The highest BCUT2D eigenvalue weighted by Gasteiger charge is 2.36. The predicted octanol–water partition coefficient (Wildman–Crippen LogP) is 15.4. The Labute approximate surface area is 374 Å². The van der Waals surface area contributed by atoms with Crippen molar-refractivity contribution in [3.63, 3.8) is 0 Å². The third-order valence-electron chi connectivity index (χ3n) is 13.2. The summed E-state index contributed by atoms with van der Waals surface area (Å²) in [6, 6.07) is 77.2. The van der Waals surface area contributed by atoms with Gasteiger partial charge in [0.25, 0.3) is 0 Å². The van der Waals surface area contributed by atoms with Crippen LogP contribution in [0.5, 0.6) is 0 Å². The molecule has 8 aromatic carbocycles. The average molecular weight is 823 g/mol. The number of rotatable bonds is 9. The molecular weight excluding hydrogens is 777 g/mol. The van der Waals surface area contributed by atoms with Crippen LogP contribution in [0.3, 0.4) is 0 Å². The zero-order valence-electron chi connectivity index (χ0n) is 35.5. The molecule has 0 fully saturated rings. The summed E-state index contributed by atoms with van der Waals surface area (Å²) in [4.78, 5) is 7.42. The summed E-state index contributed by atoms with van der Waals surface area (Å²) < 4.78 is 2.38. The summed E-state index contributed by atoms with van der Waals surface area (Å²) in [5.74, 6) is 0. The van der Waals surface area contributed by atoms with E-state index < -0.39 is 0 Å². The fraction of sp³-hybridized carbons (Fsp3) is 0.0667. The van der Waals surface area contributed by atoms with Crippen LogP contribution in [0.15, 0.2) is 248 Å². The molecule has 0 saturated heterocycles. The number of benzene rings is 8. The molecule has 1 aliphatic heterocycles. The van der Waals surface area contributed by atoms with Crippen LogP contribution in [0.25, 0.3) is 38.6 Å². The lowest BCUT2D eigenvalue weighted by Crippen LogP contribution is -2.30. The van der Waals surface area contributed by atoms with Crippen LogP contribution in [0.4, 0.5) is 34.1 Å². The van der Waals surface area contributed by atoms with Crippen molar-refractivity contribution in [2.24, 2.45) is 0 Å². The Bertz CT molecular complexity index is 3270. The second-order valence-electron chi connectivity index (χ2n) is 16.8. The molecule has 2 heterocycles. The Morgan fingerprint density at radius 2 is 1.08 bits per heavy atom. The first kappa shape index (κ1) is 37.7. The number of aromatic nitrogens is 1. The van der Waals surface area contributed by atoms with Crippen LogP contribution >= 0.6 is 0 Å². The van der Waals surface area contributed by atoms with Crippen molar-refractivity contribution < 1.29 is 0 Å². The van der Waals surface area contributed by atoms with Gasteiger partial charge in [0.2, 0.25) is 0 Å². The molecule has 0 radical (unpaired) electrons. The third kappa shape index (κ3) is 6.54. The van der Waals surface area contributed by atoms with Crippen LogP contribution in [0.2, 0.25) is 0 Å². The largest absolute Gasteiger partial charge is 0.334 e. The van der Waals surface area contributed by atoms with Crippen LogP contribution in [-0.2, 0) is 0 Å². The van der Waals surface area contributed by atoms with Gasteiger partial charge in [0.1, 0.15) is 0 Å². The second kappa shape index (κ2) is 16.0. The molecule has 1 aromatic heterocycles. The number of para-hydroxylation sites is 6. The van der Waals surface area contributed by atoms with Gasteiger partial charge in [-0.15, -0.1) is 0 Å². The van der Waals surface area contributed by atoms with Crippen molar-refractivity contribution in [3.8, 4) is 5.69 Å². The first-order valence-corrected chi connectivity index (χ1v) is 22.4. The summed E-state index contributed by atoms with van der Waals surface area (Å²) in [6.45, 7) is 0. The van der Waals surface area contributed by atoms with Crippen molar-refractivity contribution in [1.29, 1.82) is 0 Å². The predicted molar refractivity (Wildman–Crippen MR) is 269 cm³/mol. The molecule has 64 heavy (non-hydrogen) atoms. The van der Waals surface area contributed by atoms with E-state index in [0.29, 0.717) is 0 Å². The molecule has 0 bridgehead atoms. The number of hydrogen-bond acceptors (Lipinski definition) is 3. The van der Waals surface area contributed by atoms with Gasteiger partial charge in [-0.3, -0.25) is 0 Å². The molecule has 3 aliphatic rings. The Morgan fingerprint density at radius 3 is 1.81 bits per heavy atom. The summed E-state index contributed by atoms with van der Waals surface area (Å²) in [7, 11) is 0. The molecule has 0 saturated carbocycles. The monoisotopic (exact) mass is 822 g/mol. The number of anilines is 6. The molecule has 0 amide bonds. The normalized spacial score (nSPS) is 16.5. The Kier molecular flexibility index (Phi) is 9.41.